The summed E-state index contributed by atoms with van der Waals surface area (Å²) in [6.45, 7) is 0.877. The van der Waals surface area contributed by atoms with Crippen molar-refractivity contribution in [3.8, 4) is 5.75 Å². The highest BCUT2D eigenvalue weighted by Crippen LogP contribution is 2.32. The Hall–Kier alpha value is -1.27. The largest absolute Gasteiger partial charge is 0.488 e. The lowest BCUT2D eigenvalue weighted by atomic mass is 10.0. The number of thioether (sulfide) groups is 1. The highest BCUT2D eigenvalue weighted by atomic mass is 32.2. The summed E-state index contributed by atoms with van der Waals surface area (Å²) in [5.74, 6) is 0.752. The number of hydrogen-bond acceptors (Lipinski definition) is 4. The number of amides is 1. The predicted octanol–water partition coefficient (Wildman–Crippen LogP) is 1.41. The molecule has 1 fully saturated rings. The molecule has 1 amide bonds. The maximum atomic E-state index is 13.7. The van der Waals surface area contributed by atoms with Gasteiger partial charge in [-0.15, -0.1) is 0 Å². The molecule has 108 valence electrons. The summed E-state index contributed by atoms with van der Waals surface area (Å²) in [6, 6.07) is 4.69. The van der Waals surface area contributed by atoms with Gasteiger partial charge in [-0.05, 0) is 18.2 Å². The van der Waals surface area contributed by atoms with Gasteiger partial charge in [0.2, 0.25) is 0 Å². The van der Waals surface area contributed by atoms with E-state index < -0.39 is 11.4 Å². The number of halogens is 1. The van der Waals surface area contributed by atoms with Gasteiger partial charge in [0.15, 0.2) is 17.2 Å². The van der Waals surface area contributed by atoms with E-state index in [-0.39, 0.29) is 24.8 Å². The van der Waals surface area contributed by atoms with Crippen molar-refractivity contribution in [3.05, 3.63) is 29.6 Å². The molecule has 0 unspecified atom stereocenters. The lowest BCUT2D eigenvalue weighted by molar-refractivity contribution is -0.149. The van der Waals surface area contributed by atoms with Gasteiger partial charge >= 0.3 is 0 Å². The van der Waals surface area contributed by atoms with Crippen LogP contribution in [0.4, 0.5) is 4.39 Å². The Morgan fingerprint density at radius 3 is 3.10 bits per heavy atom. The van der Waals surface area contributed by atoms with Gasteiger partial charge in [0.05, 0.1) is 6.54 Å². The standard InChI is InChI=1S/C14H16FNO3S/c15-11-3-1-2-10-8-16(5-6-19-12(10)11)13(17)14(18)4-7-20-9-14/h1-3,18H,4-9H2/t14-/m1/s1. The van der Waals surface area contributed by atoms with Crippen molar-refractivity contribution < 1.29 is 19.0 Å². The van der Waals surface area contributed by atoms with Crippen LogP contribution in [0.15, 0.2) is 18.2 Å². The summed E-state index contributed by atoms with van der Waals surface area (Å²) in [5.41, 5.74) is -0.632. The first-order valence-electron chi connectivity index (χ1n) is 6.60. The van der Waals surface area contributed by atoms with Crippen LogP contribution in [0, 0.1) is 5.82 Å². The number of para-hydroxylation sites is 1. The molecular weight excluding hydrogens is 281 g/mol. The van der Waals surface area contributed by atoms with Gasteiger partial charge < -0.3 is 14.7 Å². The minimum absolute atomic E-state index is 0.218. The second kappa shape index (κ2) is 5.26. The Morgan fingerprint density at radius 1 is 1.50 bits per heavy atom. The van der Waals surface area contributed by atoms with E-state index in [0.29, 0.717) is 24.3 Å². The van der Waals surface area contributed by atoms with Crippen molar-refractivity contribution in [2.75, 3.05) is 24.7 Å². The molecular formula is C14H16FNO3S. The minimum atomic E-state index is -1.28. The van der Waals surface area contributed by atoms with Gasteiger partial charge in [0, 0.05) is 17.9 Å². The first kappa shape index (κ1) is 13.7. The molecule has 2 aliphatic heterocycles. The number of benzene rings is 1. The quantitative estimate of drug-likeness (QED) is 0.851. The second-order valence-electron chi connectivity index (χ2n) is 5.14. The van der Waals surface area contributed by atoms with Crippen LogP contribution in [-0.2, 0) is 11.3 Å². The maximum Gasteiger partial charge on any atom is 0.255 e. The van der Waals surface area contributed by atoms with E-state index >= 15 is 0 Å². The normalized spacial score (nSPS) is 25.8. The third-order valence-corrected chi connectivity index (χ3v) is 4.88. The average molecular weight is 297 g/mol. The molecule has 20 heavy (non-hydrogen) atoms. The fourth-order valence-electron chi connectivity index (χ4n) is 2.57. The number of fused-ring (bicyclic) bond motifs is 1. The van der Waals surface area contributed by atoms with E-state index in [1.54, 1.807) is 28.8 Å². The average Bonchev–Trinajstić information content (AvgIpc) is 2.75. The molecule has 3 rings (SSSR count). The van der Waals surface area contributed by atoms with Crippen LogP contribution in [0.2, 0.25) is 0 Å². The maximum absolute atomic E-state index is 13.7. The summed E-state index contributed by atoms with van der Waals surface area (Å²) >= 11 is 1.58. The van der Waals surface area contributed by atoms with E-state index in [9.17, 15) is 14.3 Å². The molecule has 1 aromatic rings. The third kappa shape index (κ3) is 2.38. The lowest BCUT2D eigenvalue weighted by Crippen LogP contribution is -2.49. The van der Waals surface area contributed by atoms with Gasteiger partial charge in [-0.2, -0.15) is 11.8 Å². The molecule has 1 atom stereocenters. The Balaban J connectivity index is 1.84. The number of carbonyl (C=O) groups excluding carboxylic acids is 1. The van der Waals surface area contributed by atoms with Crippen LogP contribution in [0.25, 0.3) is 0 Å². The highest BCUT2D eigenvalue weighted by molar-refractivity contribution is 7.99. The number of aliphatic hydroxyl groups is 1. The fourth-order valence-corrected chi connectivity index (χ4v) is 3.80. The van der Waals surface area contributed by atoms with Crippen molar-refractivity contribution in [2.45, 2.75) is 18.6 Å². The molecule has 0 radical (unpaired) electrons. The fraction of sp³-hybridized carbons (Fsp3) is 0.500. The van der Waals surface area contributed by atoms with Crippen LogP contribution in [-0.4, -0.2) is 46.2 Å². The smallest absolute Gasteiger partial charge is 0.255 e. The third-order valence-electron chi connectivity index (χ3n) is 3.70. The zero-order valence-electron chi connectivity index (χ0n) is 11.0. The summed E-state index contributed by atoms with van der Waals surface area (Å²) < 4.78 is 19.1. The highest BCUT2D eigenvalue weighted by Gasteiger charge is 2.42. The molecule has 0 spiro atoms. The van der Waals surface area contributed by atoms with Crippen molar-refractivity contribution in [2.24, 2.45) is 0 Å². The van der Waals surface area contributed by atoms with E-state index in [1.165, 1.54) is 6.07 Å². The number of nitrogens with zero attached hydrogens (tertiary/aromatic N) is 1. The lowest BCUT2D eigenvalue weighted by Gasteiger charge is -2.28. The molecule has 0 bridgehead atoms. The van der Waals surface area contributed by atoms with Crippen LogP contribution >= 0.6 is 11.8 Å². The van der Waals surface area contributed by atoms with E-state index in [2.05, 4.69) is 0 Å². The Bertz CT molecular complexity index is 531. The molecule has 1 N–H and O–H groups in total. The molecule has 0 aromatic heterocycles. The Labute approximate surface area is 120 Å². The summed E-state index contributed by atoms with van der Waals surface area (Å²) in [4.78, 5) is 14.0. The molecule has 4 nitrogen and oxygen atoms in total. The second-order valence-corrected chi connectivity index (χ2v) is 6.24. The first-order chi connectivity index (χ1) is 9.60. The van der Waals surface area contributed by atoms with Gasteiger partial charge in [0.25, 0.3) is 5.91 Å². The Morgan fingerprint density at radius 2 is 2.35 bits per heavy atom. The monoisotopic (exact) mass is 297 g/mol. The van der Waals surface area contributed by atoms with Crippen molar-refractivity contribution in [3.63, 3.8) is 0 Å². The molecule has 0 saturated carbocycles. The van der Waals surface area contributed by atoms with Crippen molar-refractivity contribution in [1.82, 2.24) is 4.90 Å². The van der Waals surface area contributed by atoms with Gasteiger partial charge in [-0.1, -0.05) is 12.1 Å². The Kier molecular flexibility index (Phi) is 3.60. The number of rotatable bonds is 1. The number of ether oxygens (including phenoxy) is 1. The van der Waals surface area contributed by atoms with Crippen LogP contribution in [0.5, 0.6) is 5.75 Å². The van der Waals surface area contributed by atoms with Gasteiger partial charge in [-0.3, -0.25) is 4.79 Å². The predicted molar refractivity (Wildman–Crippen MR) is 74.2 cm³/mol. The minimum Gasteiger partial charge on any atom is -0.488 e. The first-order valence-corrected chi connectivity index (χ1v) is 7.75. The van der Waals surface area contributed by atoms with Gasteiger partial charge in [0.1, 0.15) is 6.61 Å². The topological polar surface area (TPSA) is 49.8 Å². The molecule has 1 aromatic carbocycles. The molecule has 2 heterocycles. The van der Waals surface area contributed by atoms with Crippen LogP contribution < -0.4 is 4.74 Å². The van der Waals surface area contributed by atoms with Crippen LogP contribution in [0.3, 0.4) is 0 Å². The summed E-state index contributed by atoms with van der Waals surface area (Å²) in [7, 11) is 0. The van der Waals surface area contributed by atoms with E-state index in [1.807, 2.05) is 0 Å². The molecule has 2 aliphatic rings. The zero-order chi connectivity index (χ0) is 14.2. The summed E-state index contributed by atoms with van der Waals surface area (Å²) in [6.07, 6.45) is 0.476. The van der Waals surface area contributed by atoms with E-state index in [0.717, 1.165) is 5.75 Å². The van der Waals surface area contributed by atoms with E-state index in [4.69, 9.17) is 4.74 Å². The van der Waals surface area contributed by atoms with Crippen LogP contribution in [0.1, 0.15) is 12.0 Å². The molecule has 0 aliphatic carbocycles. The summed E-state index contributed by atoms with van der Waals surface area (Å²) in [5, 5.41) is 10.4. The SMILES string of the molecule is O=C(N1CCOc2c(F)cccc2C1)[C@@]1(O)CCSC1. The van der Waals surface area contributed by atoms with Crippen molar-refractivity contribution >= 4 is 17.7 Å². The molecule has 6 heteroatoms. The number of carbonyl (C=O) groups is 1. The zero-order valence-corrected chi connectivity index (χ0v) is 11.8. The molecule has 1 saturated heterocycles. The van der Waals surface area contributed by atoms with Crippen molar-refractivity contribution in [1.29, 1.82) is 0 Å². The number of hydrogen-bond donors (Lipinski definition) is 1. The van der Waals surface area contributed by atoms with Gasteiger partial charge in [-0.25, -0.2) is 4.39 Å².